The molecule has 0 amide bonds. The Morgan fingerprint density at radius 3 is 0.878 bits per heavy atom. The Morgan fingerprint density at radius 1 is 0.439 bits per heavy atom. The van der Waals surface area contributed by atoms with Crippen molar-refractivity contribution in [3.63, 3.8) is 0 Å². The Kier molecular flexibility index (Phi) is 8.98. The minimum absolute atomic E-state index is 0.327. The monoisotopic (exact) mass is 632 g/mol. The van der Waals surface area contributed by atoms with Gasteiger partial charge in [0.15, 0.2) is 86.9 Å². The van der Waals surface area contributed by atoms with Gasteiger partial charge in [-0.25, -0.2) is 74.8 Å². The number of hydrogen-bond acceptors (Lipinski definition) is 10. The van der Waals surface area contributed by atoms with Gasteiger partial charge in [0.1, 0.15) is 0 Å². The lowest BCUT2D eigenvalue weighted by Crippen LogP contribution is -2.40. The van der Waals surface area contributed by atoms with Gasteiger partial charge >= 0.3 is 7.82 Å². The normalized spacial score (nSPS) is 11.7. The van der Waals surface area contributed by atoms with Crippen molar-refractivity contribution in [2.75, 3.05) is 15.5 Å². The summed E-state index contributed by atoms with van der Waals surface area (Å²) >= 11 is 0. The number of hydrogen-bond donors (Lipinski definition) is 3. The average molecular weight is 632 g/mol. The summed E-state index contributed by atoms with van der Waals surface area (Å²) in [5, 5.41) is -2.69. The fourth-order valence-corrected chi connectivity index (χ4v) is 3.75. The van der Waals surface area contributed by atoms with E-state index in [9.17, 15) is 57.3 Å². The number of nitrogens with zero attached hydrogens (tertiary/aromatic N) is 3. The zero-order chi connectivity index (χ0) is 31.1. The molecule has 6 N–H and O–H groups in total. The third-order valence-corrected chi connectivity index (χ3v) is 5.62. The van der Waals surface area contributed by atoms with Crippen molar-refractivity contribution in [2.45, 2.75) is 0 Å². The summed E-state index contributed by atoms with van der Waals surface area (Å²) in [5.41, 5.74) is -5.84. The van der Waals surface area contributed by atoms with Gasteiger partial charge < -0.3 is 0 Å². The molecule has 0 unspecified atom stereocenters. The average Bonchev–Trinajstić information content (AvgIpc) is 2.84. The molecule has 224 valence electrons. The molecule has 3 aromatic carbocycles. The Bertz CT molecular complexity index is 1390. The first kappa shape index (κ1) is 31.7. The summed E-state index contributed by atoms with van der Waals surface area (Å²) < 4.78 is 191. The van der Waals surface area contributed by atoms with E-state index in [4.69, 9.17) is 17.5 Å². The van der Waals surface area contributed by atoms with Gasteiger partial charge in [-0.1, -0.05) is 0 Å². The molecule has 0 radical (unpaired) electrons. The van der Waals surface area contributed by atoms with E-state index >= 15 is 0 Å². The number of phosphoric acid groups is 1. The predicted molar refractivity (Wildman–Crippen MR) is 110 cm³/mol. The summed E-state index contributed by atoms with van der Waals surface area (Å²) in [5.74, 6) is -12.0. The van der Waals surface area contributed by atoms with Crippen LogP contribution in [0.2, 0.25) is 0 Å². The molecule has 0 spiro atoms. The van der Waals surface area contributed by atoms with Crippen LogP contribution in [0, 0.1) is 69.8 Å². The van der Waals surface area contributed by atoms with Gasteiger partial charge in [0.05, 0.1) is 0 Å². The SMILES string of the molecule is NN(OP(=O)(ON(N)c1c(F)cc(F)c(F)c1F)ON(N)c1c(F)cc(F)c(F)c1F)c1c(F)cc(F)c(F)c1F. The van der Waals surface area contributed by atoms with Crippen LogP contribution in [0.25, 0.3) is 0 Å². The third-order valence-electron chi connectivity index (χ3n) is 4.49. The standard InChI is InChI=1S/C18H9F12N6O4P/c19-4-1-7(22)16(13(28)10(4)25)34(31)38-41(37,39-35(32)17-8(23)2-5(20)11(26)14(17)29)40-36(33)18-9(24)3-6(21)12(27)15(18)30/h1-3H,31-33H2. The number of hydrazine groups is 3. The van der Waals surface area contributed by atoms with E-state index in [-0.39, 0.29) is 18.2 Å². The number of anilines is 3. The second kappa shape index (κ2) is 11.6. The largest absolute Gasteiger partial charge is 0.543 e. The van der Waals surface area contributed by atoms with Gasteiger partial charge in [0.2, 0.25) is 0 Å². The molecule has 23 heteroatoms. The highest BCUT2D eigenvalue weighted by Crippen LogP contribution is 2.53. The van der Waals surface area contributed by atoms with Crippen LogP contribution in [0.1, 0.15) is 0 Å². The van der Waals surface area contributed by atoms with E-state index in [1.807, 2.05) is 0 Å². The minimum atomic E-state index is -6.33. The topological polar surface area (TPSA) is 133 Å². The smallest absolute Gasteiger partial charge is 0.222 e. The van der Waals surface area contributed by atoms with E-state index in [0.29, 0.717) is 0 Å². The lowest BCUT2D eigenvalue weighted by atomic mass is 10.2. The second-order valence-corrected chi connectivity index (χ2v) is 8.50. The van der Waals surface area contributed by atoms with Gasteiger partial charge in [0, 0.05) is 18.2 Å². The van der Waals surface area contributed by atoms with Crippen LogP contribution in [0.3, 0.4) is 0 Å². The molecule has 0 saturated carbocycles. The van der Waals surface area contributed by atoms with Gasteiger partial charge in [-0.2, -0.15) is 15.5 Å². The third kappa shape index (κ3) is 6.12. The molecule has 0 aliphatic rings. The van der Waals surface area contributed by atoms with Gasteiger partial charge in [-0.05, 0) is 0 Å². The molecule has 0 aromatic heterocycles. The molecule has 0 saturated heterocycles. The van der Waals surface area contributed by atoms with Gasteiger partial charge in [-0.15, -0.1) is 13.9 Å². The van der Waals surface area contributed by atoms with Crippen molar-refractivity contribution in [1.82, 2.24) is 0 Å². The van der Waals surface area contributed by atoms with E-state index in [1.165, 1.54) is 0 Å². The fraction of sp³-hybridized carbons (Fsp3) is 0. The zero-order valence-electron chi connectivity index (χ0n) is 18.9. The lowest BCUT2D eigenvalue weighted by molar-refractivity contribution is 0.0824. The molecule has 0 aliphatic heterocycles. The molecule has 0 heterocycles. The van der Waals surface area contributed by atoms with Crippen LogP contribution in [0.5, 0.6) is 0 Å². The molecule has 3 aromatic rings. The molecular formula is C18H9F12N6O4P. The Hall–Kier alpha value is -3.79. The zero-order valence-corrected chi connectivity index (χ0v) is 19.8. The van der Waals surface area contributed by atoms with Crippen LogP contribution in [-0.2, 0) is 18.4 Å². The highest BCUT2D eigenvalue weighted by molar-refractivity contribution is 7.48. The highest BCUT2D eigenvalue weighted by atomic mass is 31.2. The lowest BCUT2D eigenvalue weighted by Gasteiger charge is -2.29. The number of nitrogens with two attached hydrogens (primary N) is 3. The molecule has 0 fully saturated rings. The Labute approximate surface area is 217 Å². The van der Waals surface area contributed by atoms with E-state index in [1.54, 1.807) is 0 Å². The van der Waals surface area contributed by atoms with Crippen LogP contribution in [0.15, 0.2) is 18.2 Å². The summed E-state index contributed by atoms with van der Waals surface area (Å²) in [4.78, 5) is 0. The van der Waals surface area contributed by atoms with Crippen LogP contribution < -0.4 is 33.0 Å². The molecule has 0 aliphatic carbocycles. The maximum Gasteiger partial charge on any atom is 0.543 e. The fourth-order valence-electron chi connectivity index (χ4n) is 2.77. The number of rotatable bonds is 9. The minimum Gasteiger partial charge on any atom is -0.222 e. The van der Waals surface area contributed by atoms with Gasteiger partial charge in [-0.3, -0.25) is 0 Å². The number of benzene rings is 3. The maximum absolute atomic E-state index is 14.1. The second-order valence-electron chi connectivity index (χ2n) is 7.12. The first-order valence-electron chi connectivity index (χ1n) is 9.72. The van der Waals surface area contributed by atoms with Crippen LogP contribution >= 0.6 is 7.82 Å². The molecule has 41 heavy (non-hydrogen) atoms. The summed E-state index contributed by atoms with van der Waals surface area (Å²) in [6, 6.07) is -0.982. The quantitative estimate of drug-likeness (QED) is 0.0762. The summed E-state index contributed by atoms with van der Waals surface area (Å²) in [6.07, 6.45) is 0. The van der Waals surface area contributed by atoms with E-state index in [2.05, 4.69) is 13.9 Å². The van der Waals surface area contributed by atoms with Crippen LogP contribution in [-0.4, -0.2) is 0 Å². The van der Waals surface area contributed by atoms with Crippen molar-refractivity contribution < 1.29 is 71.1 Å². The summed E-state index contributed by atoms with van der Waals surface area (Å²) in [6.45, 7) is 0. The molecular weight excluding hydrogens is 623 g/mol. The van der Waals surface area contributed by atoms with Gasteiger partial charge in [0.25, 0.3) is 0 Å². The highest BCUT2D eigenvalue weighted by Gasteiger charge is 2.41. The van der Waals surface area contributed by atoms with Crippen molar-refractivity contribution in [2.24, 2.45) is 17.5 Å². The molecule has 0 bridgehead atoms. The molecule has 3 rings (SSSR count). The molecule has 0 atom stereocenters. The first-order chi connectivity index (χ1) is 18.9. The maximum atomic E-state index is 14.1. The summed E-state index contributed by atoms with van der Waals surface area (Å²) in [7, 11) is -6.33. The number of halogens is 12. The van der Waals surface area contributed by atoms with Crippen molar-refractivity contribution in [1.29, 1.82) is 0 Å². The van der Waals surface area contributed by atoms with Crippen molar-refractivity contribution in [3.8, 4) is 0 Å². The predicted octanol–water partition coefficient (Wildman–Crippen LogP) is 4.70. The Morgan fingerprint density at radius 2 is 0.659 bits per heavy atom. The van der Waals surface area contributed by atoms with Crippen molar-refractivity contribution >= 4 is 24.9 Å². The van der Waals surface area contributed by atoms with E-state index < -0.39 is 110 Å². The first-order valence-corrected chi connectivity index (χ1v) is 11.2. The Balaban J connectivity index is 2.10. The van der Waals surface area contributed by atoms with Crippen molar-refractivity contribution in [3.05, 3.63) is 88.0 Å². The molecule has 10 nitrogen and oxygen atoms in total. The van der Waals surface area contributed by atoms with E-state index in [0.717, 1.165) is 0 Å². The van der Waals surface area contributed by atoms with Crippen LogP contribution in [0.4, 0.5) is 69.7 Å².